The summed E-state index contributed by atoms with van der Waals surface area (Å²) in [5.41, 5.74) is 0.793. The van der Waals surface area contributed by atoms with E-state index < -0.39 is 0 Å². The molecule has 0 aliphatic rings. The Labute approximate surface area is 117 Å². The Morgan fingerprint density at radius 1 is 1.24 bits per heavy atom. The van der Waals surface area contributed by atoms with Gasteiger partial charge in [-0.25, -0.2) is 4.98 Å². The summed E-state index contributed by atoms with van der Waals surface area (Å²) in [6.07, 6.45) is 4.74. The van der Waals surface area contributed by atoms with E-state index in [0.717, 1.165) is 10.0 Å². The van der Waals surface area contributed by atoms with Crippen molar-refractivity contribution < 1.29 is 4.74 Å². The highest BCUT2D eigenvalue weighted by Gasteiger charge is 2.07. The molecule has 6 heteroatoms. The molecule has 0 amide bonds. The summed E-state index contributed by atoms with van der Waals surface area (Å²) in [5, 5.41) is 0.507. The van der Waals surface area contributed by atoms with Crippen LogP contribution in [0.1, 0.15) is 5.56 Å². The molecular formula is C11H7BrCl2N2O. The molecule has 0 unspecified atom stereocenters. The van der Waals surface area contributed by atoms with Gasteiger partial charge in [0.15, 0.2) is 0 Å². The monoisotopic (exact) mass is 332 g/mol. The van der Waals surface area contributed by atoms with Gasteiger partial charge < -0.3 is 4.74 Å². The molecule has 88 valence electrons. The lowest BCUT2D eigenvalue weighted by molar-refractivity contribution is 0.456. The lowest BCUT2D eigenvalue weighted by Gasteiger charge is -2.08. The first-order valence-corrected chi connectivity index (χ1v) is 6.38. The predicted molar refractivity (Wildman–Crippen MR) is 70.8 cm³/mol. The molecule has 0 radical (unpaired) electrons. The number of aromatic nitrogens is 2. The molecule has 0 aliphatic heterocycles. The van der Waals surface area contributed by atoms with Gasteiger partial charge in [0.1, 0.15) is 5.75 Å². The maximum absolute atomic E-state index is 5.82. The molecule has 2 rings (SSSR count). The minimum absolute atomic E-state index is 0.315. The zero-order chi connectivity index (χ0) is 12.3. The van der Waals surface area contributed by atoms with Crippen LogP contribution in [0, 0.1) is 0 Å². The summed E-state index contributed by atoms with van der Waals surface area (Å²) in [4.78, 5) is 8.08. The van der Waals surface area contributed by atoms with E-state index in [-0.39, 0.29) is 0 Å². The number of halogens is 3. The quantitative estimate of drug-likeness (QED) is 0.780. The van der Waals surface area contributed by atoms with Gasteiger partial charge in [0.25, 0.3) is 0 Å². The highest BCUT2D eigenvalue weighted by atomic mass is 79.9. The molecule has 0 saturated heterocycles. The lowest BCUT2D eigenvalue weighted by atomic mass is 10.3. The van der Waals surface area contributed by atoms with Crippen LogP contribution < -0.4 is 4.74 Å². The van der Waals surface area contributed by atoms with Gasteiger partial charge in [-0.1, -0.05) is 11.6 Å². The van der Waals surface area contributed by atoms with E-state index in [4.69, 9.17) is 27.9 Å². The molecule has 3 nitrogen and oxygen atoms in total. The Morgan fingerprint density at radius 2 is 2.06 bits per heavy atom. The minimum atomic E-state index is 0.315. The van der Waals surface area contributed by atoms with Gasteiger partial charge >= 0.3 is 0 Å². The highest BCUT2D eigenvalue weighted by molar-refractivity contribution is 9.10. The van der Waals surface area contributed by atoms with E-state index in [1.54, 1.807) is 18.5 Å². The Kier molecular flexibility index (Phi) is 4.20. The maximum atomic E-state index is 5.82. The highest BCUT2D eigenvalue weighted by Crippen LogP contribution is 2.27. The summed E-state index contributed by atoms with van der Waals surface area (Å²) in [7, 11) is 0. The number of rotatable bonds is 3. The summed E-state index contributed by atoms with van der Waals surface area (Å²) >= 11 is 15.0. The second kappa shape index (κ2) is 5.67. The van der Waals surface area contributed by atoms with Crippen molar-refractivity contribution >= 4 is 39.1 Å². The molecular weight excluding hydrogens is 327 g/mol. The molecule has 0 aliphatic carbocycles. The molecule has 2 aromatic rings. The third kappa shape index (κ3) is 3.31. The van der Waals surface area contributed by atoms with Crippen LogP contribution in [0.25, 0.3) is 0 Å². The topological polar surface area (TPSA) is 35.0 Å². The van der Waals surface area contributed by atoms with Gasteiger partial charge in [0, 0.05) is 28.5 Å². The van der Waals surface area contributed by atoms with Crippen molar-refractivity contribution in [1.82, 2.24) is 9.97 Å². The zero-order valence-electron chi connectivity index (χ0n) is 8.53. The van der Waals surface area contributed by atoms with Crippen LogP contribution in [-0.4, -0.2) is 9.97 Å². The summed E-state index contributed by atoms with van der Waals surface area (Å²) in [6.45, 7) is 0. The first-order chi connectivity index (χ1) is 8.19. The van der Waals surface area contributed by atoms with Crippen LogP contribution in [0.15, 0.2) is 35.2 Å². The fraction of sp³-hybridized carbons (Fsp3) is 0.0909. The molecule has 0 aromatic carbocycles. The van der Waals surface area contributed by atoms with Gasteiger partial charge in [-0.05, 0) is 22.0 Å². The second-order valence-corrected chi connectivity index (χ2v) is 4.81. The first-order valence-electron chi connectivity index (χ1n) is 4.68. The number of alkyl halides is 1. The maximum Gasteiger partial charge on any atom is 0.223 e. The van der Waals surface area contributed by atoms with Crippen LogP contribution >= 0.6 is 39.1 Å². The van der Waals surface area contributed by atoms with Crippen molar-refractivity contribution in [3.05, 3.63) is 45.8 Å². The largest absolute Gasteiger partial charge is 0.437 e. The van der Waals surface area contributed by atoms with Crippen molar-refractivity contribution in [2.45, 2.75) is 5.88 Å². The third-order valence-electron chi connectivity index (χ3n) is 1.93. The van der Waals surface area contributed by atoms with Crippen LogP contribution in [0.3, 0.4) is 0 Å². The molecule has 0 spiro atoms. The standard InChI is InChI=1S/C11H7BrCl2N2O/c12-8-1-7(3-13)11(16-4-8)17-10-2-9(14)5-15-6-10/h1-2,4-6H,3H2. The SMILES string of the molecule is ClCc1cc(Br)cnc1Oc1cncc(Cl)c1. The molecule has 0 bridgehead atoms. The summed E-state index contributed by atoms with van der Waals surface area (Å²) in [5.74, 6) is 1.29. The number of hydrogen-bond acceptors (Lipinski definition) is 3. The summed E-state index contributed by atoms with van der Waals surface area (Å²) in [6, 6.07) is 3.52. The van der Waals surface area contributed by atoms with E-state index in [1.165, 1.54) is 6.20 Å². The van der Waals surface area contributed by atoms with E-state index in [1.807, 2.05) is 6.07 Å². The molecule has 2 heterocycles. The average molecular weight is 334 g/mol. The van der Waals surface area contributed by atoms with Crippen LogP contribution in [-0.2, 0) is 5.88 Å². The molecule has 2 aromatic heterocycles. The summed E-state index contributed by atoms with van der Waals surface area (Å²) < 4.78 is 6.42. The Balaban J connectivity index is 2.29. The van der Waals surface area contributed by atoms with E-state index in [9.17, 15) is 0 Å². The average Bonchev–Trinajstić information content (AvgIpc) is 2.31. The zero-order valence-corrected chi connectivity index (χ0v) is 11.6. The van der Waals surface area contributed by atoms with Gasteiger partial charge in [-0.15, -0.1) is 11.6 Å². The number of hydrogen-bond donors (Lipinski definition) is 0. The van der Waals surface area contributed by atoms with Gasteiger partial charge in [-0.2, -0.15) is 0 Å². The number of ether oxygens (including phenoxy) is 1. The minimum Gasteiger partial charge on any atom is -0.437 e. The van der Waals surface area contributed by atoms with Gasteiger partial charge in [0.05, 0.1) is 17.1 Å². The van der Waals surface area contributed by atoms with Gasteiger partial charge in [0.2, 0.25) is 5.88 Å². The number of nitrogens with zero attached hydrogens (tertiary/aromatic N) is 2. The molecule has 0 fully saturated rings. The van der Waals surface area contributed by atoms with Crippen LogP contribution in [0.4, 0.5) is 0 Å². The Hall–Kier alpha value is -0.840. The fourth-order valence-electron chi connectivity index (χ4n) is 1.22. The third-order valence-corrected chi connectivity index (χ3v) is 2.86. The second-order valence-electron chi connectivity index (χ2n) is 3.19. The van der Waals surface area contributed by atoms with E-state index in [2.05, 4.69) is 25.9 Å². The van der Waals surface area contributed by atoms with Crippen molar-refractivity contribution in [2.24, 2.45) is 0 Å². The predicted octanol–water partition coefficient (Wildman–Crippen LogP) is 4.42. The van der Waals surface area contributed by atoms with Crippen LogP contribution in [0.5, 0.6) is 11.6 Å². The van der Waals surface area contributed by atoms with Crippen molar-refractivity contribution in [3.63, 3.8) is 0 Å². The van der Waals surface area contributed by atoms with Crippen LogP contribution in [0.2, 0.25) is 5.02 Å². The Morgan fingerprint density at radius 3 is 2.76 bits per heavy atom. The van der Waals surface area contributed by atoms with E-state index in [0.29, 0.717) is 22.5 Å². The molecule has 17 heavy (non-hydrogen) atoms. The molecule has 0 atom stereocenters. The number of pyridine rings is 2. The lowest BCUT2D eigenvalue weighted by Crippen LogP contribution is -1.93. The fourth-order valence-corrected chi connectivity index (χ4v) is 1.95. The van der Waals surface area contributed by atoms with Crippen molar-refractivity contribution in [3.8, 4) is 11.6 Å². The smallest absolute Gasteiger partial charge is 0.223 e. The normalized spacial score (nSPS) is 10.3. The first kappa shape index (κ1) is 12.6. The molecule has 0 N–H and O–H groups in total. The molecule has 0 saturated carbocycles. The van der Waals surface area contributed by atoms with E-state index >= 15 is 0 Å². The Bertz CT molecular complexity index is 537. The van der Waals surface area contributed by atoms with Crippen molar-refractivity contribution in [1.29, 1.82) is 0 Å². The van der Waals surface area contributed by atoms with Crippen molar-refractivity contribution in [2.75, 3.05) is 0 Å². The van der Waals surface area contributed by atoms with Gasteiger partial charge in [-0.3, -0.25) is 4.98 Å².